The van der Waals surface area contributed by atoms with Gasteiger partial charge in [-0.1, -0.05) is 59.7 Å². The van der Waals surface area contributed by atoms with Crippen molar-refractivity contribution in [1.82, 2.24) is 0 Å². The van der Waals surface area contributed by atoms with Crippen molar-refractivity contribution in [2.24, 2.45) is 0 Å². The van der Waals surface area contributed by atoms with Gasteiger partial charge in [-0.05, 0) is 23.0 Å². The van der Waals surface area contributed by atoms with Gasteiger partial charge in [-0.15, -0.1) is 11.8 Å². The van der Waals surface area contributed by atoms with Gasteiger partial charge in [-0.25, -0.2) is 0 Å². The van der Waals surface area contributed by atoms with Crippen molar-refractivity contribution in [2.45, 2.75) is 63.5 Å². The number of thioether (sulfide) groups is 1. The van der Waals surface area contributed by atoms with E-state index in [1.54, 1.807) is 0 Å². The van der Waals surface area contributed by atoms with E-state index in [-0.39, 0.29) is 0 Å². The molecule has 90 valence electrons. The van der Waals surface area contributed by atoms with Crippen LogP contribution in [-0.2, 0) is 0 Å². The SMILES string of the molecule is CC(C)Sc1c(C(C)C)cccc1C(C)C. The van der Waals surface area contributed by atoms with E-state index in [1.165, 1.54) is 16.0 Å². The van der Waals surface area contributed by atoms with Crippen LogP contribution in [0, 0.1) is 0 Å². The standard InChI is InChI=1S/C15H24S/c1-10(2)13-8-7-9-14(11(3)4)15(13)16-12(5)6/h7-12H,1-6H3. The van der Waals surface area contributed by atoms with Crippen LogP contribution in [0.3, 0.4) is 0 Å². The molecule has 0 aliphatic rings. The van der Waals surface area contributed by atoms with Gasteiger partial charge in [0.15, 0.2) is 0 Å². The average Bonchev–Trinajstić information content (AvgIpc) is 2.16. The average molecular weight is 236 g/mol. The predicted octanol–water partition coefficient (Wildman–Crippen LogP) is 5.43. The van der Waals surface area contributed by atoms with Gasteiger partial charge < -0.3 is 0 Å². The van der Waals surface area contributed by atoms with Crippen molar-refractivity contribution < 1.29 is 0 Å². The van der Waals surface area contributed by atoms with Crippen LogP contribution >= 0.6 is 11.8 Å². The summed E-state index contributed by atoms with van der Waals surface area (Å²) in [7, 11) is 0. The van der Waals surface area contributed by atoms with Crippen molar-refractivity contribution in [2.75, 3.05) is 0 Å². The highest BCUT2D eigenvalue weighted by Crippen LogP contribution is 2.37. The normalized spacial score (nSPS) is 11.8. The molecule has 0 aliphatic carbocycles. The molecular weight excluding hydrogens is 212 g/mol. The van der Waals surface area contributed by atoms with Gasteiger partial charge in [0, 0.05) is 10.1 Å². The topological polar surface area (TPSA) is 0 Å². The minimum atomic E-state index is 0.611. The Hall–Kier alpha value is -0.430. The molecule has 0 N–H and O–H groups in total. The summed E-state index contributed by atoms with van der Waals surface area (Å²) in [6, 6.07) is 6.76. The minimum Gasteiger partial charge on any atom is -0.123 e. The van der Waals surface area contributed by atoms with E-state index in [4.69, 9.17) is 0 Å². The minimum absolute atomic E-state index is 0.611. The van der Waals surface area contributed by atoms with Crippen LogP contribution in [0.1, 0.15) is 64.5 Å². The highest BCUT2D eigenvalue weighted by molar-refractivity contribution is 8.00. The zero-order chi connectivity index (χ0) is 12.3. The van der Waals surface area contributed by atoms with E-state index in [1.807, 2.05) is 11.8 Å². The zero-order valence-corrected chi connectivity index (χ0v) is 12.2. The first kappa shape index (κ1) is 13.6. The van der Waals surface area contributed by atoms with Gasteiger partial charge in [-0.2, -0.15) is 0 Å². The third-order valence-electron chi connectivity index (χ3n) is 2.67. The van der Waals surface area contributed by atoms with Gasteiger partial charge in [0.05, 0.1) is 0 Å². The largest absolute Gasteiger partial charge is 0.123 e. The molecule has 0 amide bonds. The lowest BCUT2D eigenvalue weighted by Crippen LogP contribution is -2.00. The van der Waals surface area contributed by atoms with E-state index in [0.29, 0.717) is 17.1 Å². The molecule has 0 saturated carbocycles. The maximum absolute atomic E-state index is 2.28. The van der Waals surface area contributed by atoms with Crippen LogP contribution in [-0.4, -0.2) is 5.25 Å². The molecule has 0 aliphatic heterocycles. The fourth-order valence-corrected chi connectivity index (χ4v) is 3.21. The first-order valence-electron chi connectivity index (χ1n) is 6.23. The van der Waals surface area contributed by atoms with Crippen LogP contribution in [0.15, 0.2) is 23.1 Å². The summed E-state index contributed by atoms with van der Waals surface area (Å²) in [4.78, 5) is 1.52. The monoisotopic (exact) mass is 236 g/mol. The Morgan fingerprint density at radius 1 is 0.812 bits per heavy atom. The summed E-state index contributed by atoms with van der Waals surface area (Å²) >= 11 is 2.01. The van der Waals surface area contributed by atoms with E-state index >= 15 is 0 Å². The predicted molar refractivity (Wildman–Crippen MR) is 75.6 cm³/mol. The van der Waals surface area contributed by atoms with Crippen molar-refractivity contribution in [3.8, 4) is 0 Å². The van der Waals surface area contributed by atoms with Gasteiger partial charge in [-0.3, -0.25) is 0 Å². The van der Waals surface area contributed by atoms with Crippen LogP contribution in [0.2, 0.25) is 0 Å². The molecule has 16 heavy (non-hydrogen) atoms. The van der Waals surface area contributed by atoms with E-state index < -0.39 is 0 Å². The highest BCUT2D eigenvalue weighted by Gasteiger charge is 2.14. The number of benzene rings is 1. The Bertz CT molecular complexity index is 311. The highest BCUT2D eigenvalue weighted by atomic mass is 32.2. The lowest BCUT2D eigenvalue weighted by molar-refractivity contribution is 0.792. The molecule has 1 heteroatoms. The molecule has 0 spiro atoms. The zero-order valence-electron chi connectivity index (χ0n) is 11.4. The molecule has 1 aromatic carbocycles. The quantitative estimate of drug-likeness (QED) is 0.628. The molecule has 0 heterocycles. The maximum Gasteiger partial charge on any atom is 0.0144 e. The van der Waals surface area contributed by atoms with Crippen LogP contribution in [0.25, 0.3) is 0 Å². The third kappa shape index (κ3) is 3.28. The third-order valence-corrected chi connectivity index (χ3v) is 3.85. The van der Waals surface area contributed by atoms with E-state index in [0.717, 1.165) is 0 Å². The second-order valence-electron chi connectivity index (χ2n) is 5.24. The Morgan fingerprint density at radius 3 is 1.56 bits per heavy atom. The molecule has 0 saturated heterocycles. The first-order valence-corrected chi connectivity index (χ1v) is 7.10. The molecule has 0 nitrogen and oxygen atoms in total. The molecule has 1 aromatic rings. The lowest BCUT2D eigenvalue weighted by Gasteiger charge is -2.20. The summed E-state index contributed by atoms with van der Waals surface area (Å²) in [6.45, 7) is 13.7. The van der Waals surface area contributed by atoms with Crippen molar-refractivity contribution in [3.63, 3.8) is 0 Å². The van der Waals surface area contributed by atoms with Crippen LogP contribution < -0.4 is 0 Å². The number of hydrogen-bond acceptors (Lipinski definition) is 1. The summed E-state index contributed by atoms with van der Waals surface area (Å²) < 4.78 is 0. The summed E-state index contributed by atoms with van der Waals surface area (Å²) in [5, 5.41) is 0.650. The van der Waals surface area contributed by atoms with Gasteiger partial charge >= 0.3 is 0 Å². The first-order chi connectivity index (χ1) is 7.43. The Kier molecular flexibility index (Phi) is 4.91. The van der Waals surface area contributed by atoms with Gasteiger partial charge in [0.25, 0.3) is 0 Å². The molecule has 0 fully saturated rings. The van der Waals surface area contributed by atoms with Crippen molar-refractivity contribution in [1.29, 1.82) is 0 Å². The second-order valence-corrected chi connectivity index (χ2v) is 6.83. The maximum atomic E-state index is 2.28. The fourth-order valence-electron chi connectivity index (χ4n) is 1.85. The fraction of sp³-hybridized carbons (Fsp3) is 0.600. The van der Waals surface area contributed by atoms with E-state index in [9.17, 15) is 0 Å². The molecule has 0 unspecified atom stereocenters. The molecule has 0 aromatic heterocycles. The number of rotatable bonds is 4. The molecule has 0 atom stereocenters. The van der Waals surface area contributed by atoms with E-state index in [2.05, 4.69) is 59.7 Å². The smallest absolute Gasteiger partial charge is 0.0144 e. The Morgan fingerprint density at radius 2 is 1.25 bits per heavy atom. The Balaban J connectivity index is 3.23. The molecular formula is C15H24S. The number of hydrogen-bond donors (Lipinski definition) is 0. The second kappa shape index (κ2) is 5.77. The lowest BCUT2D eigenvalue weighted by atomic mass is 9.95. The Labute approximate surface area is 105 Å². The van der Waals surface area contributed by atoms with Crippen molar-refractivity contribution >= 4 is 11.8 Å². The molecule has 0 bridgehead atoms. The van der Waals surface area contributed by atoms with Crippen molar-refractivity contribution in [3.05, 3.63) is 29.3 Å². The summed E-state index contributed by atoms with van der Waals surface area (Å²) in [5.74, 6) is 1.22. The van der Waals surface area contributed by atoms with Crippen LogP contribution in [0.4, 0.5) is 0 Å². The molecule has 1 rings (SSSR count). The molecule has 0 radical (unpaired) electrons. The van der Waals surface area contributed by atoms with Crippen LogP contribution in [0.5, 0.6) is 0 Å². The van der Waals surface area contributed by atoms with Gasteiger partial charge in [0.2, 0.25) is 0 Å². The summed E-state index contributed by atoms with van der Waals surface area (Å²) in [6.07, 6.45) is 0. The summed E-state index contributed by atoms with van der Waals surface area (Å²) in [5.41, 5.74) is 3.01. The van der Waals surface area contributed by atoms with Gasteiger partial charge in [0.1, 0.15) is 0 Å².